The molecule has 1 N–H and O–H groups in total. The summed E-state index contributed by atoms with van der Waals surface area (Å²) in [7, 11) is 0. The largest absolute Gasteiger partial charge is 0.460 e. The van der Waals surface area contributed by atoms with E-state index in [1.807, 2.05) is 43.3 Å². The Labute approximate surface area is 161 Å². The lowest BCUT2D eigenvalue weighted by molar-refractivity contribution is 0.0951. The quantitative estimate of drug-likeness (QED) is 0.558. The van der Waals surface area contributed by atoms with Gasteiger partial charge in [0.25, 0.3) is 5.91 Å². The van der Waals surface area contributed by atoms with Crippen LogP contribution in [-0.2, 0) is 6.54 Å². The second-order valence-electron chi connectivity index (χ2n) is 6.36. The second kappa shape index (κ2) is 7.52. The van der Waals surface area contributed by atoms with E-state index >= 15 is 0 Å². The van der Waals surface area contributed by atoms with E-state index in [1.165, 1.54) is 6.07 Å². The molecule has 140 valence electrons. The third-order valence-electron chi connectivity index (χ3n) is 4.35. The maximum absolute atomic E-state index is 13.8. The van der Waals surface area contributed by atoms with Gasteiger partial charge in [-0.1, -0.05) is 36.4 Å². The maximum Gasteiger partial charge on any atom is 0.255 e. The predicted octanol–water partition coefficient (Wildman–Crippen LogP) is 4.51. The van der Waals surface area contributed by atoms with E-state index in [4.69, 9.17) is 4.42 Å². The summed E-state index contributed by atoms with van der Waals surface area (Å²) >= 11 is 0. The molecule has 0 saturated carbocycles. The first-order valence-electron chi connectivity index (χ1n) is 8.85. The van der Waals surface area contributed by atoms with Crippen LogP contribution in [0.4, 0.5) is 4.39 Å². The highest BCUT2D eigenvalue weighted by atomic mass is 19.1. The molecule has 0 aliphatic heterocycles. The topological polar surface area (TPSA) is 60.1 Å². The van der Waals surface area contributed by atoms with E-state index in [-0.39, 0.29) is 18.3 Å². The number of carbonyl (C=O) groups is 1. The summed E-state index contributed by atoms with van der Waals surface area (Å²) in [5, 5.41) is 7.31. The summed E-state index contributed by atoms with van der Waals surface area (Å²) in [5.41, 5.74) is 2.03. The Morgan fingerprint density at radius 3 is 2.54 bits per heavy atom. The van der Waals surface area contributed by atoms with Crippen molar-refractivity contribution in [3.63, 3.8) is 0 Å². The molecule has 0 saturated heterocycles. The highest BCUT2D eigenvalue weighted by Crippen LogP contribution is 2.25. The van der Waals surface area contributed by atoms with Crippen molar-refractivity contribution in [3.8, 4) is 17.1 Å². The van der Waals surface area contributed by atoms with Gasteiger partial charge in [-0.25, -0.2) is 9.07 Å². The smallest absolute Gasteiger partial charge is 0.255 e. The van der Waals surface area contributed by atoms with E-state index in [2.05, 4.69) is 10.4 Å². The number of nitrogens with one attached hydrogen (secondary N) is 1. The SMILES string of the molecule is Cc1ccc(-c2nn(-c3ccccc3)cc2C(=O)NCc2ccccc2F)o1. The van der Waals surface area contributed by atoms with Crippen molar-refractivity contribution in [1.29, 1.82) is 0 Å². The van der Waals surface area contributed by atoms with E-state index < -0.39 is 0 Å². The summed E-state index contributed by atoms with van der Waals surface area (Å²) in [6.07, 6.45) is 1.65. The van der Waals surface area contributed by atoms with Gasteiger partial charge < -0.3 is 9.73 Å². The molecular formula is C22H18FN3O2. The molecule has 1 amide bonds. The van der Waals surface area contributed by atoms with Crippen molar-refractivity contribution in [2.75, 3.05) is 0 Å². The number of carbonyl (C=O) groups excluding carboxylic acids is 1. The van der Waals surface area contributed by atoms with Gasteiger partial charge in [-0.15, -0.1) is 0 Å². The van der Waals surface area contributed by atoms with Crippen LogP contribution in [0.5, 0.6) is 0 Å². The van der Waals surface area contributed by atoms with Crippen molar-refractivity contribution in [1.82, 2.24) is 15.1 Å². The molecule has 4 rings (SSSR count). The average Bonchev–Trinajstić information content (AvgIpc) is 3.34. The first kappa shape index (κ1) is 17.7. The van der Waals surface area contributed by atoms with Crippen LogP contribution in [0.2, 0.25) is 0 Å². The standard InChI is InChI=1S/C22H18FN3O2/c1-15-11-12-20(28-15)21-18(14-26(25-21)17-8-3-2-4-9-17)22(27)24-13-16-7-5-6-10-19(16)23/h2-12,14H,13H2,1H3,(H,24,27). The molecule has 0 unspecified atom stereocenters. The summed E-state index contributed by atoms with van der Waals surface area (Å²) in [6.45, 7) is 1.91. The molecule has 0 radical (unpaired) electrons. The molecule has 2 aromatic carbocycles. The Hall–Kier alpha value is -3.67. The normalized spacial score (nSPS) is 10.8. The van der Waals surface area contributed by atoms with Crippen LogP contribution < -0.4 is 5.32 Å². The molecule has 28 heavy (non-hydrogen) atoms. The lowest BCUT2D eigenvalue weighted by Gasteiger charge is -2.05. The third-order valence-corrected chi connectivity index (χ3v) is 4.35. The number of para-hydroxylation sites is 1. The summed E-state index contributed by atoms with van der Waals surface area (Å²) in [5.74, 6) is 0.518. The zero-order chi connectivity index (χ0) is 19.5. The molecular weight excluding hydrogens is 357 g/mol. The fourth-order valence-electron chi connectivity index (χ4n) is 2.91. The molecule has 0 fully saturated rings. The van der Waals surface area contributed by atoms with Gasteiger partial charge in [-0.05, 0) is 37.3 Å². The van der Waals surface area contributed by atoms with Gasteiger partial charge in [-0.3, -0.25) is 4.79 Å². The fraction of sp³-hybridized carbons (Fsp3) is 0.0909. The molecule has 0 atom stereocenters. The first-order valence-corrected chi connectivity index (χ1v) is 8.85. The Kier molecular flexibility index (Phi) is 4.76. The van der Waals surface area contributed by atoms with E-state index in [0.29, 0.717) is 22.6 Å². The number of halogens is 1. The molecule has 0 aliphatic rings. The van der Waals surface area contributed by atoms with E-state index in [9.17, 15) is 9.18 Å². The van der Waals surface area contributed by atoms with E-state index in [1.54, 1.807) is 35.1 Å². The number of nitrogens with zero attached hydrogens (tertiary/aromatic N) is 2. The Morgan fingerprint density at radius 1 is 1.07 bits per heavy atom. The van der Waals surface area contributed by atoms with Gasteiger partial charge in [0.2, 0.25) is 0 Å². The zero-order valence-corrected chi connectivity index (χ0v) is 15.2. The van der Waals surface area contributed by atoms with Crippen molar-refractivity contribution in [2.45, 2.75) is 13.5 Å². The Morgan fingerprint density at radius 2 is 1.82 bits per heavy atom. The summed E-state index contributed by atoms with van der Waals surface area (Å²) in [6, 6.07) is 19.4. The highest BCUT2D eigenvalue weighted by molar-refractivity contribution is 5.99. The van der Waals surface area contributed by atoms with Gasteiger partial charge in [-0.2, -0.15) is 5.10 Å². The van der Waals surface area contributed by atoms with Gasteiger partial charge in [0.05, 0.1) is 11.3 Å². The number of benzene rings is 2. The van der Waals surface area contributed by atoms with Gasteiger partial charge in [0.1, 0.15) is 17.3 Å². The summed E-state index contributed by atoms with van der Waals surface area (Å²) < 4.78 is 21.1. The van der Waals surface area contributed by atoms with Gasteiger partial charge in [0, 0.05) is 18.3 Å². The molecule has 2 aromatic heterocycles. The fourth-order valence-corrected chi connectivity index (χ4v) is 2.91. The number of amides is 1. The van der Waals surface area contributed by atoms with Crippen LogP contribution in [-0.4, -0.2) is 15.7 Å². The van der Waals surface area contributed by atoms with E-state index in [0.717, 1.165) is 11.4 Å². The van der Waals surface area contributed by atoms with Crippen molar-refractivity contribution in [3.05, 3.63) is 95.6 Å². The highest BCUT2D eigenvalue weighted by Gasteiger charge is 2.21. The van der Waals surface area contributed by atoms with Crippen LogP contribution in [0.15, 0.2) is 77.3 Å². The molecule has 6 heteroatoms. The molecule has 2 heterocycles. The molecule has 4 aromatic rings. The molecule has 0 spiro atoms. The van der Waals surface area contributed by atoms with Crippen molar-refractivity contribution >= 4 is 5.91 Å². The van der Waals surface area contributed by atoms with Crippen molar-refractivity contribution < 1.29 is 13.6 Å². The average molecular weight is 375 g/mol. The van der Waals surface area contributed by atoms with Gasteiger partial charge >= 0.3 is 0 Å². The monoisotopic (exact) mass is 375 g/mol. The van der Waals surface area contributed by atoms with Crippen LogP contribution in [0, 0.1) is 12.7 Å². The Bertz CT molecular complexity index is 1120. The lowest BCUT2D eigenvalue weighted by atomic mass is 10.1. The predicted molar refractivity (Wildman–Crippen MR) is 104 cm³/mol. The minimum Gasteiger partial charge on any atom is -0.460 e. The minimum absolute atomic E-state index is 0.0820. The lowest BCUT2D eigenvalue weighted by Crippen LogP contribution is -2.23. The second-order valence-corrected chi connectivity index (χ2v) is 6.36. The number of rotatable bonds is 5. The molecule has 0 aliphatic carbocycles. The van der Waals surface area contributed by atoms with Gasteiger partial charge in [0.15, 0.2) is 5.76 Å². The third kappa shape index (κ3) is 3.57. The number of furan rings is 1. The number of aryl methyl sites for hydroxylation is 1. The van der Waals surface area contributed by atoms with Crippen LogP contribution in [0.1, 0.15) is 21.7 Å². The number of hydrogen-bond acceptors (Lipinski definition) is 3. The van der Waals surface area contributed by atoms with Crippen LogP contribution >= 0.6 is 0 Å². The Balaban J connectivity index is 1.67. The van der Waals surface area contributed by atoms with Crippen LogP contribution in [0.25, 0.3) is 17.1 Å². The molecule has 5 nitrogen and oxygen atoms in total. The maximum atomic E-state index is 13.8. The van der Waals surface area contributed by atoms with Crippen LogP contribution in [0.3, 0.4) is 0 Å². The first-order chi connectivity index (χ1) is 13.6. The molecule has 0 bridgehead atoms. The minimum atomic E-state index is -0.357. The zero-order valence-electron chi connectivity index (χ0n) is 15.2. The van der Waals surface area contributed by atoms with Crippen molar-refractivity contribution in [2.24, 2.45) is 0 Å². The summed E-state index contributed by atoms with van der Waals surface area (Å²) in [4.78, 5) is 12.8. The number of hydrogen-bond donors (Lipinski definition) is 1. The number of aromatic nitrogens is 2.